The number of aliphatic hydroxyl groups is 2. The summed E-state index contributed by atoms with van der Waals surface area (Å²) in [6, 6.07) is 8.04. The average molecular weight is 590 g/mol. The molecule has 2 rings (SSSR count). The lowest BCUT2D eigenvalue weighted by Gasteiger charge is -2.32. The van der Waals surface area contributed by atoms with E-state index in [0.717, 1.165) is 69.2 Å². The molecule has 6 N–H and O–H groups in total. The summed E-state index contributed by atoms with van der Waals surface area (Å²) in [5.41, 5.74) is 8.94. The molecular formula is C33H55N3O6. The molecule has 0 aromatic heterocycles. The van der Waals surface area contributed by atoms with E-state index in [1.807, 2.05) is 30.5 Å². The number of unbranched alkanes of at least 4 members (excludes halogenated alkanes) is 5. The molecule has 0 saturated carbocycles. The number of carbonyl (C=O) groups excluding carboxylic acids is 1. The van der Waals surface area contributed by atoms with Gasteiger partial charge in [0.1, 0.15) is 0 Å². The Kier molecular flexibility index (Phi) is 18.9. The minimum atomic E-state index is -0.504. The summed E-state index contributed by atoms with van der Waals surface area (Å²) in [6.45, 7) is 9.04. The Morgan fingerprint density at radius 1 is 1.10 bits per heavy atom. The Bertz CT molecular complexity index is 894. The van der Waals surface area contributed by atoms with Gasteiger partial charge in [-0.25, -0.2) is 0 Å². The molecule has 1 heterocycles. The number of hydrogen-bond acceptors (Lipinski definition) is 8. The first-order chi connectivity index (χ1) is 20.5. The van der Waals surface area contributed by atoms with Crippen molar-refractivity contribution in [1.29, 1.82) is 0 Å². The first-order valence-corrected chi connectivity index (χ1v) is 15.8. The summed E-state index contributed by atoms with van der Waals surface area (Å²) in [6.07, 6.45) is 12.4. The lowest BCUT2D eigenvalue weighted by atomic mass is 10.0. The monoisotopic (exact) mass is 589 g/mol. The molecule has 0 spiro atoms. The van der Waals surface area contributed by atoms with E-state index < -0.39 is 12.4 Å². The number of nitrogens with two attached hydrogens (primary N) is 1. The fourth-order valence-corrected chi connectivity index (χ4v) is 4.89. The summed E-state index contributed by atoms with van der Waals surface area (Å²) in [5.74, 6) is 0.0495. The van der Waals surface area contributed by atoms with Crippen LogP contribution in [0.1, 0.15) is 82.3 Å². The van der Waals surface area contributed by atoms with Gasteiger partial charge >= 0.3 is 0 Å². The second kappa shape index (κ2) is 22.2. The normalized spacial score (nSPS) is 19.8. The van der Waals surface area contributed by atoms with Crippen molar-refractivity contribution in [3.8, 4) is 0 Å². The van der Waals surface area contributed by atoms with Crippen LogP contribution in [0.15, 0.2) is 43.1 Å². The quantitative estimate of drug-likeness (QED) is 0.0954. The number of hydrogen-bond donors (Lipinski definition) is 5. The van der Waals surface area contributed by atoms with Gasteiger partial charge in [-0.05, 0) is 36.8 Å². The highest BCUT2D eigenvalue weighted by atomic mass is 16.7. The SMILES string of the molecule is C=CC(CCC)C(=O)NCCCCCCCCOCCN/C=C(\N)c1ccc(CCOC2CC(O)CC(CO)O2)cc1. The van der Waals surface area contributed by atoms with Crippen LogP contribution in [0.5, 0.6) is 0 Å². The molecule has 238 valence electrons. The van der Waals surface area contributed by atoms with Gasteiger partial charge in [-0.2, -0.15) is 0 Å². The molecular weight excluding hydrogens is 534 g/mol. The van der Waals surface area contributed by atoms with E-state index in [-0.39, 0.29) is 24.5 Å². The zero-order valence-corrected chi connectivity index (χ0v) is 25.6. The molecule has 1 amide bonds. The van der Waals surface area contributed by atoms with Crippen molar-refractivity contribution in [1.82, 2.24) is 10.6 Å². The van der Waals surface area contributed by atoms with Gasteiger partial charge < -0.3 is 40.8 Å². The van der Waals surface area contributed by atoms with Crippen molar-refractivity contribution in [2.75, 3.05) is 39.5 Å². The maximum absolute atomic E-state index is 12.0. The molecule has 1 aromatic carbocycles. The van der Waals surface area contributed by atoms with Crippen LogP contribution in [0.3, 0.4) is 0 Å². The van der Waals surface area contributed by atoms with E-state index >= 15 is 0 Å². The maximum atomic E-state index is 12.0. The highest BCUT2D eigenvalue weighted by Gasteiger charge is 2.28. The topological polar surface area (TPSA) is 135 Å². The van der Waals surface area contributed by atoms with Crippen LogP contribution in [0.4, 0.5) is 0 Å². The molecule has 1 aliphatic heterocycles. The molecule has 9 nitrogen and oxygen atoms in total. The van der Waals surface area contributed by atoms with E-state index in [4.69, 9.17) is 19.9 Å². The third kappa shape index (κ3) is 15.2. The smallest absolute Gasteiger partial charge is 0.226 e. The van der Waals surface area contributed by atoms with Crippen LogP contribution < -0.4 is 16.4 Å². The molecule has 4 atom stereocenters. The van der Waals surface area contributed by atoms with E-state index in [2.05, 4.69) is 24.1 Å². The van der Waals surface area contributed by atoms with E-state index in [0.29, 0.717) is 38.3 Å². The molecule has 42 heavy (non-hydrogen) atoms. The van der Waals surface area contributed by atoms with Gasteiger partial charge in [0.25, 0.3) is 0 Å². The molecule has 0 bridgehead atoms. The number of nitrogens with one attached hydrogen (secondary N) is 2. The van der Waals surface area contributed by atoms with Crippen LogP contribution in [-0.4, -0.2) is 74.1 Å². The third-order valence-corrected chi connectivity index (χ3v) is 7.41. The van der Waals surface area contributed by atoms with Gasteiger partial charge in [0.05, 0.1) is 43.6 Å². The average Bonchev–Trinajstić information content (AvgIpc) is 2.99. The molecule has 9 heteroatoms. The Balaban J connectivity index is 1.45. The fourth-order valence-electron chi connectivity index (χ4n) is 4.89. The molecule has 0 radical (unpaired) electrons. The van der Waals surface area contributed by atoms with Crippen LogP contribution in [-0.2, 0) is 25.4 Å². The van der Waals surface area contributed by atoms with E-state index in [1.54, 1.807) is 6.08 Å². The first kappa shape index (κ1) is 35.8. The predicted molar refractivity (Wildman–Crippen MR) is 167 cm³/mol. The summed E-state index contributed by atoms with van der Waals surface area (Å²) in [4.78, 5) is 12.0. The van der Waals surface area contributed by atoms with Crippen molar-refractivity contribution in [3.05, 3.63) is 54.2 Å². The first-order valence-electron chi connectivity index (χ1n) is 15.8. The molecule has 1 fully saturated rings. The number of rotatable bonds is 23. The minimum absolute atomic E-state index is 0.0584. The zero-order chi connectivity index (χ0) is 30.4. The largest absolute Gasteiger partial charge is 0.397 e. The third-order valence-electron chi connectivity index (χ3n) is 7.41. The molecule has 1 aromatic rings. The highest BCUT2D eigenvalue weighted by molar-refractivity contribution is 5.80. The number of aliphatic hydroxyl groups excluding tert-OH is 2. The minimum Gasteiger partial charge on any atom is -0.397 e. The van der Waals surface area contributed by atoms with Crippen LogP contribution in [0.2, 0.25) is 0 Å². The second-order valence-corrected chi connectivity index (χ2v) is 11.0. The van der Waals surface area contributed by atoms with Gasteiger partial charge in [-0.15, -0.1) is 6.58 Å². The van der Waals surface area contributed by atoms with Gasteiger partial charge in [0, 0.05) is 38.7 Å². The van der Waals surface area contributed by atoms with Gasteiger partial charge in [-0.3, -0.25) is 4.79 Å². The molecule has 1 saturated heterocycles. The van der Waals surface area contributed by atoms with E-state index in [9.17, 15) is 15.0 Å². The van der Waals surface area contributed by atoms with Crippen molar-refractivity contribution in [2.24, 2.45) is 11.7 Å². The Morgan fingerprint density at radius 3 is 2.55 bits per heavy atom. The second-order valence-electron chi connectivity index (χ2n) is 11.0. The van der Waals surface area contributed by atoms with Gasteiger partial charge in [0.15, 0.2) is 6.29 Å². The predicted octanol–water partition coefficient (Wildman–Crippen LogP) is 4.03. The summed E-state index contributed by atoms with van der Waals surface area (Å²) >= 11 is 0. The van der Waals surface area contributed by atoms with E-state index in [1.165, 1.54) is 12.8 Å². The fraction of sp³-hybridized carbons (Fsp3) is 0.667. The van der Waals surface area contributed by atoms with Crippen LogP contribution in [0, 0.1) is 5.92 Å². The van der Waals surface area contributed by atoms with Gasteiger partial charge in [0.2, 0.25) is 5.91 Å². The number of ether oxygens (including phenoxy) is 3. The Labute approximate surface area is 252 Å². The van der Waals surface area contributed by atoms with Crippen molar-refractivity contribution in [2.45, 2.75) is 96.1 Å². The highest BCUT2D eigenvalue weighted by Crippen LogP contribution is 2.20. The van der Waals surface area contributed by atoms with Crippen LogP contribution in [0.25, 0.3) is 5.70 Å². The van der Waals surface area contributed by atoms with Crippen LogP contribution >= 0.6 is 0 Å². The summed E-state index contributed by atoms with van der Waals surface area (Å²) < 4.78 is 17.1. The lowest BCUT2D eigenvalue weighted by Crippen LogP contribution is -2.39. The van der Waals surface area contributed by atoms with Crippen molar-refractivity contribution < 1.29 is 29.2 Å². The molecule has 1 aliphatic rings. The lowest BCUT2D eigenvalue weighted by molar-refractivity contribution is -0.221. The standard InChI is InChI=1S/C33H55N3O6/c1-3-11-27(4-2)33(39)36-17-9-7-5-6-8-10-19-40-21-18-35-24-31(34)28-14-12-26(13-15-28)16-20-41-32-23-29(38)22-30(25-37)42-32/h4,12-15,24,27,29-30,32,35,37-38H,2-3,5-11,16-23,25,34H2,1H3,(H,36,39)/b31-24-. The molecule has 4 unspecified atom stereocenters. The Morgan fingerprint density at radius 2 is 1.83 bits per heavy atom. The van der Waals surface area contributed by atoms with Crippen molar-refractivity contribution >= 4 is 11.6 Å². The summed E-state index contributed by atoms with van der Waals surface area (Å²) in [5, 5.41) is 25.4. The summed E-state index contributed by atoms with van der Waals surface area (Å²) in [7, 11) is 0. The van der Waals surface area contributed by atoms with Gasteiger partial charge in [-0.1, -0.05) is 69.4 Å². The number of amides is 1. The maximum Gasteiger partial charge on any atom is 0.226 e. The number of benzene rings is 1. The zero-order valence-electron chi connectivity index (χ0n) is 25.6. The molecule has 0 aliphatic carbocycles. The Hall–Kier alpha value is -2.43. The number of carbonyl (C=O) groups is 1. The van der Waals surface area contributed by atoms with Crippen molar-refractivity contribution in [3.63, 3.8) is 0 Å².